The number of benzene rings is 2. The normalized spacial score (nSPS) is 23.7. The Kier molecular flexibility index (Phi) is 7.44. The molecule has 1 amide bonds. The summed E-state index contributed by atoms with van der Waals surface area (Å²) in [5.41, 5.74) is 4.36. The van der Waals surface area contributed by atoms with Crippen LogP contribution in [0.15, 0.2) is 59.6 Å². The van der Waals surface area contributed by atoms with E-state index >= 15 is 0 Å². The van der Waals surface area contributed by atoms with Crippen LogP contribution in [0, 0.1) is 17.7 Å². The van der Waals surface area contributed by atoms with E-state index < -0.39 is 5.72 Å². The standard InChI is InChI=1S/C28H35FN4O2/c29-25-8-4-7-23(18-25)26(32-27(34)17-21-9-10-21)13-16-33-14-11-24(12-15-33)28(30-20-31-35-28)19-22-5-2-1-3-6-22/h1-8,18,20-21,24,26H,9-17,19H2,(H,30,31)(H,32,34)/t26-,28?/m0/s1. The van der Waals surface area contributed by atoms with Crippen molar-refractivity contribution in [1.82, 2.24) is 15.7 Å². The van der Waals surface area contributed by atoms with Crippen molar-refractivity contribution in [3.8, 4) is 0 Å². The molecule has 2 aliphatic heterocycles. The van der Waals surface area contributed by atoms with Crippen molar-refractivity contribution >= 4 is 12.2 Å². The number of rotatable bonds is 10. The van der Waals surface area contributed by atoms with Gasteiger partial charge in [-0.15, -0.1) is 0 Å². The highest BCUT2D eigenvalue weighted by Gasteiger charge is 2.44. The van der Waals surface area contributed by atoms with Crippen molar-refractivity contribution in [2.45, 2.75) is 56.7 Å². The van der Waals surface area contributed by atoms with Gasteiger partial charge in [0, 0.05) is 25.3 Å². The Hall–Kier alpha value is -2.77. The largest absolute Gasteiger partial charge is 0.349 e. The number of hydroxylamine groups is 1. The maximum absolute atomic E-state index is 13.9. The minimum Gasteiger partial charge on any atom is -0.349 e. The van der Waals surface area contributed by atoms with E-state index in [1.807, 2.05) is 12.1 Å². The molecule has 7 heteroatoms. The van der Waals surface area contributed by atoms with Crippen LogP contribution in [-0.4, -0.2) is 42.5 Å². The number of likely N-dealkylation sites (tertiary alicyclic amines) is 1. The minimum atomic E-state index is -0.561. The quantitative estimate of drug-likeness (QED) is 0.532. The molecule has 186 valence electrons. The molecule has 2 aromatic rings. The zero-order chi connectivity index (χ0) is 24.1. The van der Waals surface area contributed by atoms with Crippen LogP contribution in [0.4, 0.5) is 4.39 Å². The van der Waals surface area contributed by atoms with Crippen molar-refractivity contribution in [3.63, 3.8) is 0 Å². The zero-order valence-electron chi connectivity index (χ0n) is 20.2. The van der Waals surface area contributed by atoms with Crippen molar-refractivity contribution in [2.24, 2.45) is 16.8 Å². The van der Waals surface area contributed by atoms with Crippen LogP contribution >= 0.6 is 0 Å². The molecular formula is C28H35FN4O2. The van der Waals surface area contributed by atoms with Gasteiger partial charge in [0.1, 0.15) is 12.2 Å². The average molecular weight is 479 g/mol. The average Bonchev–Trinajstić information content (AvgIpc) is 3.56. The second kappa shape index (κ2) is 10.9. The van der Waals surface area contributed by atoms with Gasteiger partial charge in [-0.05, 0) is 74.4 Å². The van der Waals surface area contributed by atoms with Crippen molar-refractivity contribution in [2.75, 3.05) is 19.6 Å². The van der Waals surface area contributed by atoms with Crippen LogP contribution in [0.1, 0.15) is 55.7 Å². The number of amides is 1. The molecule has 6 nitrogen and oxygen atoms in total. The van der Waals surface area contributed by atoms with Gasteiger partial charge < -0.3 is 10.2 Å². The number of carbonyl (C=O) groups excluding carboxylic acids is 1. The van der Waals surface area contributed by atoms with Gasteiger partial charge in [-0.2, -0.15) is 0 Å². The van der Waals surface area contributed by atoms with E-state index in [4.69, 9.17) is 9.83 Å². The summed E-state index contributed by atoms with van der Waals surface area (Å²) in [4.78, 5) is 25.7. The van der Waals surface area contributed by atoms with Crippen LogP contribution in [0.25, 0.3) is 0 Å². The van der Waals surface area contributed by atoms with E-state index in [1.165, 1.54) is 11.6 Å². The van der Waals surface area contributed by atoms with Gasteiger partial charge in [-0.3, -0.25) is 10.3 Å². The number of piperidine rings is 1. The third-order valence-corrected chi connectivity index (χ3v) is 7.59. The molecule has 2 atom stereocenters. The lowest BCUT2D eigenvalue weighted by Gasteiger charge is -2.39. The van der Waals surface area contributed by atoms with E-state index in [2.05, 4.69) is 40.0 Å². The first-order chi connectivity index (χ1) is 17.1. The van der Waals surface area contributed by atoms with Gasteiger partial charge in [-0.1, -0.05) is 42.5 Å². The molecule has 0 bridgehead atoms. The highest BCUT2D eigenvalue weighted by molar-refractivity contribution is 5.77. The number of hydrogen-bond donors (Lipinski definition) is 2. The van der Waals surface area contributed by atoms with Gasteiger partial charge in [0.2, 0.25) is 5.91 Å². The summed E-state index contributed by atoms with van der Waals surface area (Å²) < 4.78 is 13.9. The van der Waals surface area contributed by atoms with Crippen LogP contribution in [-0.2, 0) is 16.1 Å². The fourth-order valence-electron chi connectivity index (χ4n) is 5.40. The summed E-state index contributed by atoms with van der Waals surface area (Å²) in [6, 6.07) is 16.8. The third-order valence-electron chi connectivity index (χ3n) is 7.59. The predicted molar refractivity (Wildman–Crippen MR) is 134 cm³/mol. The van der Waals surface area contributed by atoms with E-state index in [-0.39, 0.29) is 17.8 Å². The number of nitrogens with one attached hydrogen (secondary N) is 2. The summed E-state index contributed by atoms with van der Waals surface area (Å²) in [6.45, 7) is 2.75. The molecule has 2 heterocycles. The Morgan fingerprint density at radius 1 is 1.14 bits per heavy atom. The number of halogens is 1. The van der Waals surface area contributed by atoms with Gasteiger partial charge in [0.15, 0.2) is 5.72 Å². The van der Waals surface area contributed by atoms with Crippen molar-refractivity contribution < 1.29 is 14.0 Å². The van der Waals surface area contributed by atoms with Gasteiger partial charge in [0.25, 0.3) is 0 Å². The zero-order valence-corrected chi connectivity index (χ0v) is 20.2. The third kappa shape index (κ3) is 6.27. The molecule has 1 saturated carbocycles. The van der Waals surface area contributed by atoms with E-state index in [0.717, 1.165) is 63.7 Å². The molecule has 5 rings (SSSR count). The molecule has 2 fully saturated rings. The maximum Gasteiger partial charge on any atom is 0.220 e. The van der Waals surface area contributed by atoms with E-state index in [1.54, 1.807) is 18.5 Å². The first-order valence-electron chi connectivity index (χ1n) is 12.9. The highest BCUT2D eigenvalue weighted by Crippen LogP contribution is 2.37. The Balaban J connectivity index is 1.17. The molecule has 2 aromatic carbocycles. The summed E-state index contributed by atoms with van der Waals surface area (Å²) in [6.07, 6.45) is 8.02. The second-order valence-electron chi connectivity index (χ2n) is 10.2. The molecule has 0 radical (unpaired) electrons. The van der Waals surface area contributed by atoms with Crippen LogP contribution in [0.2, 0.25) is 0 Å². The van der Waals surface area contributed by atoms with Gasteiger partial charge in [-0.25, -0.2) is 14.2 Å². The summed E-state index contributed by atoms with van der Waals surface area (Å²) >= 11 is 0. The number of nitrogens with zero attached hydrogens (tertiary/aromatic N) is 2. The lowest BCUT2D eigenvalue weighted by molar-refractivity contribution is -0.122. The highest BCUT2D eigenvalue weighted by atomic mass is 19.1. The molecule has 1 unspecified atom stereocenters. The molecule has 2 N–H and O–H groups in total. The predicted octanol–water partition coefficient (Wildman–Crippen LogP) is 4.39. The van der Waals surface area contributed by atoms with Crippen LogP contribution < -0.4 is 10.8 Å². The lowest BCUT2D eigenvalue weighted by Crippen LogP contribution is -2.47. The Morgan fingerprint density at radius 3 is 2.63 bits per heavy atom. The molecule has 3 aliphatic rings. The SMILES string of the molecule is O=C(CC1CC1)N[C@@H](CCN1CCC(C2(Cc3ccccc3)N=CNO2)CC1)c1cccc(F)c1. The Labute approximate surface area is 206 Å². The van der Waals surface area contributed by atoms with Gasteiger partial charge >= 0.3 is 0 Å². The molecular weight excluding hydrogens is 443 g/mol. The van der Waals surface area contributed by atoms with Crippen LogP contribution in [0.5, 0.6) is 0 Å². The Morgan fingerprint density at radius 2 is 1.94 bits per heavy atom. The smallest absolute Gasteiger partial charge is 0.220 e. The number of hydrogen-bond acceptors (Lipinski definition) is 5. The number of aliphatic imine (C=N–C) groups is 1. The van der Waals surface area contributed by atoms with Crippen LogP contribution in [0.3, 0.4) is 0 Å². The minimum absolute atomic E-state index is 0.0760. The molecule has 1 aliphatic carbocycles. The Bertz CT molecular complexity index is 1020. The topological polar surface area (TPSA) is 66.0 Å². The monoisotopic (exact) mass is 478 g/mol. The van der Waals surface area contributed by atoms with E-state index in [0.29, 0.717) is 18.3 Å². The molecule has 35 heavy (non-hydrogen) atoms. The fraction of sp³-hybridized carbons (Fsp3) is 0.500. The number of carbonyl (C=O) groups is 1. The van der Waals surface area contributed by atoms with Gasteiger partial charge in [0.05, 0.1) is 6.04 Å². The summed E-state index contributed by atoms with van der Waals surface area (Å²) in [7, 11) is 0. The van der Waals surface area contributed by atoms with Crippen molar-refractivity contribution in [1.29, 1.82) is 0 Å². The fourth-order valence-corrected chi connectivity index (χ4v) is 5.40. The summed E-state index contributed by atoms with van der Waals surface area (Å²) in [5.74, 6) is 0.661. The summed E-state index contributed by atoms with van der Waals surface area (Å²) in [5, 5.41) is 3.18. The molecule has 0 spiro atoms. The van der Waals surface area contributed by atoms with E-state index in [9.17, 15) is 9.18 Å². The maximum atomic E-state index is 13.9. The molecule has 1 saturated heterocycles. The van der Waals surface area contributed by atoms with Crippen molar-refractivity contribution in [3.05, 3.63) is 71.5 Å². The second-order valence-corrected chi connectivity index (χ2v) is 10.2. The first-order valence-corrected chi connectivity index (χ1v) is 12.9. The molecule has 0 aromatic heterocycles. The lowest BCUT2D eigenvalue weighted by atomic mass is 9.83. The first kappa shape index (κ1) is 23.9.